The van der Waals surface area contributed by atoms with E-state index in [0.717, 1.165) is 0 Å². The van der Waals surface area contributed by atoms with Gasteiger partial charge >= 0.3 is 0 Å². The first-order chi connectivity index (χ1) is 8.54. The Morgan fingerprint density at radius 2 is 2.28 bits per heavy atom. The van der Waals surface area contributed by atoms with Crippen molar-refractivity contribution in [1.82, 2.24) is 9.55 Å². The number of hydrogen-bond acceptors (Lipinski definition) is 2. The van der Waals surface area contributed by atoms with Gasteiger partial charge in [-0.2, -0.15) is 0 Å². The van der Waals surface area contributed by atoms with E-state index >= 15 is 0 Å². The molecule has 92 valence electrons. The summed E-state index contributed by atoms with van der Waals surface area (Å²) in [5.41, 5.74) is 6.75. The molecule has 1 heterocycles. The van der Waals surface area contributed by atoms with E-state index in [4.69, 9.17) is 12.2 Å². The fraction of sp³-hybridized carbons (Fsp3) is 0.154. The number of anilines is 1. The van der Waals surface area contributed by atoms with Gasteiger partial charge in [0, 0.05) is 10.0 Å². The minimum Gasteiger partial charge on any atom is -0.383 e. The van der Waals surface area contributed by atoms with E-state index in [2.05, 4.69) is 26.8 Å². The highest BCUT2D eigenvalue weighted by Crippen LogP contribution is 2.29. The van der Waals surface area contributed by atoms with Gasteiger partial charge < -0.3 is 10.3 Å². The summed E-state index contributed by atoms with van der Waals surface area (Å²) in [6.45, 7) is 2.11. The number of nitrogens with zero attached hydrogens (tertiary/aromatic N) is 2. The molecule has 0 bridgehead atoms. The second kappa shape index (κ2) is 4.83. The Morgan fingerprint density at radius 1 is 1.56 bits per heavy atom. The number of imidazole rings is 1. The van der Waals surface area contributed by atoms with Crippen molar-refractivity contribution < 1.29 is 4.39 Å². The summed E-state index contributed by atoms with van der Waals surface area (Å²) >= 11 is 3.21. The molecule has 2 rings (SSSR count). The molecule has 0 saturated heterocycles. The average molecular weight is 308 g/mol. The third-order valence-corrected chi connectivity index (χ3v) is 3.13. The topological polar surface area (TPSA) is 43.8 Å². The van der Waals surface area contributed by atoms with E-state index in [1.54, 1.807) is 23.6 Å². The van der Waals surface area contributed by atoms with Crippen LogP contribution in [0.25, 0.3) is 11.3 Å². The largest absolute Gasteiger partial charge is 0.383 e. The Hall–Kier alpha value is -1.80. The maximum Gasteiger partial charge on any atom is 0.133 e. The van der Waals surface area contributed by atoms with Crippen LogP contribution in [-0.2, 0) is 6.54 Å². The SMILES string of the molecule is C#CCn1c(C)nc(-c2ccc(Br)cc2F)c1N. The molecule has 0 aliphatic carbocycles. The van der Waals surface area contributed by atoms with Crippen LogP contribution < -0.4 is 5.73 Å². The minimum atomic E-state index is -0.374. The fourth-order valence-corrected chi connectivity index (χ4v) is 2.09. The number of rotatable bonds is 2. The lowest BCUT2D eigenvalue weighted by atomic mass is 10.1. The quantitative estimate of drug-likeness (QED) is 0.867. The summed E-state index contributed by atoms with van der Waals surface area (Å²) in [6, 6.07) is 4.76. The lowest BCUT2D eigenvalue weighted by Crippen LogP contribution is -2.03. The minimum absolute atomic E-state index is 0.322. The van der Waals surface area contributed by atoms with Gasteiger partial charge in [-0.05, 0) is 25.1 Å². The molecule has 0 spiro atoms. The van der Waals surface area contributed by atoms with Crippen LogP contribution in [0.3, 0.4) is 0 Å². The van der Waals surface area contributed by atoms with Crippen molar-refractivity contribution in [2.45, 2.75) is 13.5 Å². The monoisotopic (exact) mass is 307 g/mol. The Bertz CT molecular complexity index is 640. The zero-order valence-corrected chi connectivity index (χ0v) is 11.3. The summed E-state index contributed by atoms with van der Waals surface area (Å²) in [6.07, 6.45) is 5.26. The molecule has 2 aromatic rings. The second-order valence-electron chi connectivity index (χ2n) is 3.81. The number of terminal acetylenes is 1. The molecule has 3 nitrogen and oxygen atoms in total. The summed E-state index contributed by atoms with van der Waals surface area (Å²) in [5, 5.41) is 0. The van der Waals surface area contributed by atoms with Crippen LogP contribution in [0.2, 0.25) is 0 Å². The highest BCUT2D eigenvalue weighted by Gasteiger charge is 2.16. The van der Waals surface area contributed by atoms with Gasteiger partial charge in [0.25, 0.3) is 0 Å². The van der Waals surface area contributed by atoms with Gasteiger partial charge in [0.05, 0.1) is 6.54 Å². The van der Waals surface area contributed by atoms with Gasteiger partial charge in [0.1, 0.15) is 23.2 Å². The number of benzene rings is 1. The van der Waals surface area contributed by atoms with Crippen LogP contribution in [-0.4, -0.2) is 9.55 Å². The Kier molecular flexibility index (Phi) is 3.39. The molecule has 18 heavy (non-hydrogen) atoms. The molecular formula is C13H11BrFN3. The molecule has 0 aliphatic rings. The van der Waals surface area contributed by atoms with Gasteiger partial charge in [-0.3, -0.25) is 0 Å². The van der Waals surface area contributed by atoms with E-state index in [9.17, 15) is 4.39 Å². The number of hydrogen-bond donors (Lipinski definition) is 1. The third kappa shape index (κ3) is 2.12. The molecular weight excluding hydrogens is 297 g/mol. The number of halogens is 2. The van der Waals surface area contributed by atoms with E-state index < -0.39 is 0 Å². The molecule has 2 N–H and O–H groups in total. The van der Waals surface area contributed by atoms with E-state index in [0.29, 0.717) is 33.9 Å². The summed E-state index contributed by atoms with van der Waals surface area (Å²) in [4.78, 5) is 4.28. The van der Waals surface area contributed by atoms with Crippen molar-refractivity contribution in [2.75, 3.05) is 5.73 Å². The first-order valence-electron chi connectivity index (χ1n) is 5.26. The van der Waals surface area contributed by atoms with Crippen molar-refractivity contribution in [3.63, 3.8) is 0 Å². The smallest absolute Gasteiger partial charge is 0.133 e. The van der Waals surface area contributed by atoms with Crippen molar-refractivity contribution >= 4 is 21.7 Å². The Labute approximate surface area is 113 Å². The molecule has 0 saturated carbocycles. The fourth-order valence-electron chi connectivity index (χ4n) is 1.75. The first kappa shape index (κ1) is 12.7. The Balaban J connectivity index is 2.58. The van der Waals surface area contributed by atoms with Crippen LogP contribution in [0.1, 0.15) is 5.82 Å². The first-order valence-corrected chi connectivity index (χ1v) is 6.05. The van der Waals surface area contributed by atoms with Crippen LogP contribution in [0.15, 0.2) is 22.7 Å². The van der Waals surface area contributed by atoms with Crippen molar-refractivity contribution in [3.05, 3.63) is 34.3 Å². The van der Waals surface area contributed by atoms with Crippen LogP contribution in [0.4, 0.5) is 10.2 Å². The number of nitrogen functional groups attached to an aromatic ring is 1. The van der Waals surface area contributed by atoms with Crippen LogP contribution in [0, 0.1) is 25.1 Å². The van der Waals surface area contributed by atoms with E-state index in [-0.39, 0.29) is 5.82 Å². The zero-order valence-electron chi connectivity index (χ0n) is 9.74. The Morgan fingerprint density at radius 3 is 2.89 bits per heavy atom. The molecule has 5 heteroatoms. The van der Waals surface area contributed by atoms with Gasteiger partial charge in [-0.25, -0.2) is 9.37 Å². The molecule has 0 atom stereocenters. The molecule has 1 aromatic carbocycles. The molecule has 0 aliphatic heterocycles. The lowest BCUT2D eigenvalue weighted by molar-refractivity contribution is 0.630. The highest BCUT2D eigenvalue weighted by molar-refractivity contribution is 9.10. The number of aryl methyl sites for hydroxylation is 1. The van der Waals surface area contributed by atoms with E-state index in [1.807, 2.05) is 0 Å². The maximum atomic E-state index is 13.9. The van der Waals surface area contributed by atoms with Crippen LogP contribution in [0.5, 0.6) is 0 Å². The lowest BCUT2D eigenvalue weighted by Gasteiger charge is -2.04. The summed E-state index contributed by atoms with van der Waals surface area (Å²) in [5.74, 6) is 3.17. The van der Waals surface area contributed by atoms with Gasteiger partial charge in [0.2, 0.25) is 0 Å². The predicted octanol–water partition coefficient (Wildman–Crippen LogP) is 2.98. The van der Waals surface area contributed by atoms with Gasteiger partial charge in [0.15, 0.2) is 0 Å². The van der Waals surface area contributed by atoms with E-state index in [1.165, 1.54) is 6.07 Å². The molecule has 0 unspecified atom stereocenters. The highest BCUT2D eigenvalue weighted by atomic mass is 79.9. The average Bonchev–Trinajstić information content (AvgIpc) is 2.58. The molecule has 0 amide bonds. The van der Waals surface area contributed by atoms with Gasteiger partial charge in [-0.1, -0.05) is 21.9 Å². The third-order valence-electron chi connectivity index (χ3n) is 2.63. The zero-order chi connectivity index (χ0) is 13.3. The van der Waals surface area contributed by atoms with Crippen LogP contribution >= 0.6 is 15.9 Å². The summed E-state index contributed by atoms with van der Waals surface area (Å²) in [7, 11) is 0. The number of aromatic nitrogens is 2. The number of nitrogens with two attached hydrogens (primary N) is 1. The summed E-state index contributed by atoms with van der Waals surface area (Å²) < 4.78 is 16.2. The van der Waals surface area contributed by atoms with Crippen molar-refractivity contribution in [2.24, 2.45) is 0 Å². The predicted molar refractivity (Wildman–Crippen MR) is 73.3 cm³/mol. The maximum absolute atomic E-state index is 13.9. The van der Waals surface area contributed by atoms with Gasteiger partial charge in [-0.15, -0.1) is 6.42 Å². The van der Waals surface area contributed by atoms with Crippen molar-refractivity contribution in [1.29, 1.82) is 0 Å². The van der Waals surface area contributed by atoms with Crippen molar-refractivity contribution in [3.8, 4) is 23.6 Å². The second-order valence-corrected chi connectivity index (χ2v) is 4.72. The standard InChI is InChI=1S/C13H11BrFN3/c1-3-6-18-8(2)17-12(13(18)16)10-5-4-9(14)7-11(10)15/h1,4-5,7H,6,16H2,2H3. The molecule has 0 fully saturated rings. The molecule has 1 aromatic heterocycles. The normalized spacial score (nSPS) is 10.3. The molecule has 0 radical (unpaired) electrons.